The van der Waals surface area contributed by atoms with Gasteiger partial charge in [0.05, 0.1) is 12.0 Å². The van der Waals surface area contributed by atoms with Gasteiger partial charge >= 0.3 is 6.09 Å². The summed E-state index contributed by atoms with van der Waals surface area (Å²) >= 11 is 0. The molecule has 0 aliphatic heterocycles. The van der Waals surface area contributed by atoms with E-state index < -0.39 is 22.0 Å². The van der Waals surface area contributed by atoms with E-state index in [0.717, 1.165) is 54.8 Å². The van der Waals surface area contributed by atoms with Gasteiger partial charge in [-0.2, -0.15) is 0 Å². The number of anilines is 1. The van der Waals surface area contributed by atoms with E-state index in [4.69, 9.17) is 14.6 Å². The Labute approximate surface area is 251 Å². The number of benzene rings is 3. The summed E-state index contributed by atoms with van der Waals surface area (Å²) in [5, 5.41) is 10.8. The van der Waals surface area contributed by atoms with Crippen molar-refractivity contribution in [3.8, 4) is 5.75 Å². The molecular weight excluding hydrogens is 570 g/mol. The quantitative estimate of drug-likeness (QED) is 0.247. The highest BCUT2D eigenvalue weighted by molar-refractivity contribution is 7.90. The summed E-state index contributed by atoms with van der Waals surface area (Å²) in [4.78, 5) is 25.4. The lowest BCUT2D eigenvalue weighted by Gasteiger charge is -2.13. The predicted octanol–water partition coefficient (Wildman–Crippen LogP) is 5.30. The first kappa shape index (κ1) is 31.6. The first-order valence-electron chi connectivity index (χ1n) is 13.9. The minimum atomic E-state index is -4.04. The van der Waals surface area contributed by atoms with Crippen LogP contribution in [0.15, 0.2) is 71.8 Å². The van der Waals surface area contributed by atoms with Gasteiger partial charge in [-0.1, -0.05) is 24.3 Å². The monoisotopic (exact) mass is 607 g/mol. The third-order valence-corrected chi connectivity index (χ3v) is 8.93. The summed E-state index contributed by atoms with van der Waals surface area (Å²) in [5.41, 5.74) is 4.14. The van der Waals surface area contributed by atoms with Crippen molar-refractivity contribution in [1.29, 1.82) is 0 Å². The molecular formula is C32H37N3O7S. The zero-order chi connectivity index (χ0) is 31.1. The Morgan fingerprint density at radius 2 is 1.72 bits per heavy atom. The van der Waals surface area contributed by atoms with Gasteiger partial charge in [0.1, 0.15) is 11.9 Å². The van der Waals surface area contributed by atoms with Crippen molar-refractivity contribution in [3.63, 3.8) is 0 Å². The number of aryl methyl sites for hydroxylation is 2. The fourth-order valence-electron chi connectivity index (χ4n) is 5.33. The van der Waals surface area contributed by atoms with Crippen molar-refractivity contribution in [1.82, 2.24) is 9.29 Å². The fourth-order valence-corrected chi connectivity index (χ4v) is 6.55. The molecule has 1 aliphatic carbocycles. The molecule has 10 nitrogen and oxygen atoms in total. The van der Waals surface area contributed by atoms with E-state index in [1.807, 2.05) is 36.0 Å². The number of hydrogen-bond acceptors (Lipinski definition) is 7. The highest BCUT2D eigenvalue weighted by atomic mass is 32.2. The zero-order valence-electron chi connectivity index (χ0n) is 24.7. The van der Waals surface area contributed by atoms with Crippen molar-refractivity contribution in [3.05, 3.63) is 89.1 Å². The number of aromatic nitrogens is 1. The molecule has 0 saturated heterocycles. The molecule has 11 heteroatoms. The topological polar surface area (TPSA) is 136 Å². The number of sulfonamides is 1. The average molecular weight is 608 g/mol. The van der Waals surface area contributed by atoms with Gasteiger partial charge in [-0.05, 0) is 85.7 Å². The molecule has 3 N–H and O–H groups in total. The molecule has 0 bridgehead atoms. The number of nitrogens with one attached hydrogen (secondary N) is 2. The molecule has 1 heterocycles. The molecule has 43 heavy (non-hydrogen) atoms. The summed E-state index contributed by atoms with van der Waals surface area (Å²) in [6.07, 6.45) is 6.00. The van der Waals surface area contributed by atoms with E-state index >= 15 is 0 Å². The molecule has 0 radical (unpaired) electrons. The van der Waals surface area contributed by atoms with E-state index in [2.05, 4.69) is 10.0 Å². The zero-order valence-corrected chi connectivity index (χ0v) is 25.5. The van der Waals surface area contributed by atoms with Crippen molar-refractivity contribution in [2.24, 2.45) is 7.05 Å². The van der Waals surface area contributed by atoms with Gasteiger partial charge in [-0.25, -0.2) is 17.9 Å². The SMILES string of the molecule is CO.COc1cc(C(=O)NS(=O)(=O)c2ccccc2C)ccc1Cc1cn(C)c2ccc(NC(=O)OC3CCCC3)cc12. The third-order valence-electron chi connectivity index (χ3n) is 7.43. The van der Waals surface area contributed by atoms with Gasteiger partial charge in [-0.15, -0.1) is 0 Å². The number of carbonyl (C=O) groups excluding carboxylic acids is 2. The van der Waals surface area contributed by atoms with Gasteiger partial charge in [0.25, 0.3) is 15.9 Å². The van der Waals surface area contributed by atoms with Gasteiger partial charge in [-0.3, -0.25) is 10.1 Å². The summed E-state index contributed by atoms with van der Waals surface area (Å²) in [7, 11) is 0.417. The summed E-state index contributed by atoms with van der Waals surface area (Å²) in [5.74, 6) is -0.291. The largest absolute Gasteiger partial charge is 0.496 e. The second-order valence-electron chi connectivity index (χ2n) is 10.3. The first-order chi connectivity index (χ1) is 20.6. The lowest BCUT2D eigenvalue weighted by Crippen LogP contribution is -2.31. The van der Waals surface area contributed by atoms with Crippen LogP contribution in [0.4, 0.5) is 10.5 Å². The van der Waals surface area contributed by atoms with Crippen molar-refractivity contribution < 1.29 is 32.6 Å². The Kier molecular flexibility index (Phi) is 10.1. The van der Waals surface area contributed by atoms with Crippen molar-refractivity contribution in [2.75, 3.05) is 19.5 Å². The Hall–Kier alpha value is -4.35. The number of carbonyl (C=O) groups is 2. The number of rotatable bonds is 8. The maximum Gasteiger partial charge on any atom is 0.411 e. The average Bonchev–Trinajstić information content (AvgIpc) is 3.61. The Balaban J connectivity index is 0.00000207. The Morgan fingerprint density at radius 3 is 2.42 bits per heavy atom. The van der Waals surface area contributed by atoms with Crippen LogP contribution >= 0.6 is 0 Å². The maximum absolute atomic E-state index is 12.9. The molecule has 4 aromatic rings. The highest BCUT2D eigenvalue weighted by Crippen LogP contribution is 2.30. The normalized spacial score (nSPS) is 13.2. The number of nitrogens with zero attached hydrogens (tertiary/aromatic N) is 1. The summed E-state index contributed by atoms with van der Waals surface area (Å²) in [6, 6.07) is 17.1. The molecule has 1 saturated carbocycles. The number of aliphatic hydroxyl groups is 1. The maximum atomic E-state index is 12.9. The highest BCUT2D eigenvalue weighted by Gasteiger charge is 2.22. The second-order valence-corrected chi connectivity index (χ2v) is 12.0. The number of methoxy groups -OCH3 is 1. The number of ether oxygens (including phenoxy) is 2. The fraction of sp³-hybridized carbons (Fsp3) is 0.312. The predicted molar refractivity (Wildman–Crippen MR) is 165 cm³/mol. The van der Waals surface area contributed by atoms with Crippen LogP contribution in [0.3, 0.4) is 0 Å². The van der Waals surface area contributed by atoms with E-state index in [-0.39, 0.29) is 16.6 Å². The number of hydrogen-bond donors (Lipinski definition) is 3. The van der Waals surface area contributed by atoms with Crippen LogP contribution in [0.25, 0.3) is 10.9 Å². The van der Waals surface area contributed by atoms with E-state index in [1.165, 1.54) is 19.2 Å². The molecule has 228 valence electrons. The lowest BCUT2D eigenvalue weighted by molar-refractivity contribution is 0.0980. The number of fused-ring (bicyclic) bond motifs is 1. The van der Waals surface area contributed by atoms with Gasteiger partial charge in [0.15, 0.2) is 0 Å². The summed E-state index contributed by atoms with van der Waals surface area (Å²) in [6.45, 7) is 1.67. The third kappa shape index (κ3) is 7.36. The smallest absolute Gasteiger partial charge is 0.411 e. The van der Waals surface area contributed by atoms with Crippen LogP contribution in [0.1, 0.15) is 52.7 Å². The van der Waals surface area contributed by atoms with Crippen LogP contribution in [0.2, 0.25) is 0 Å². The van der Waals surface area contributed by atoms with Crippen LogP contribution in [-0.2, 0) is 28.2 Å². The molecule has 1 aliphatic rings. The van der Waals surface area contributed by atoms with Crippen LogP contribution in [0, 0.1) is 6.92 Å². The van der Waals surface area contributed by atoms with Crippen LogP contribution in [0.5, 0.6) is 5.75 Å². The number of aliphatic hydroxyl groups excluding tert-OH is 1. The molecule has 0 atom stereocenters. The molecule has 1 fully saturated rings. The van der Waals surface area contributed by atoms with Crippen LogP contribution in [-0.4, -0.2) is 50.4 Å². The van der Waals surface area contributed by atoms with E-state index in [0.29, 0.717) is 23.4 Å². The summed E-state index contributed by atoms with van der Waals surface area (Å²) < 4.78 is 40.9. The molecule has 2 amide bonds. The first-order valence-corrected chi connectivity index (χ1v) is 15.4. The molecule has 0 spiro atoms. The minimum absolute atomic E-state index is 0.0221. The van der Waals surface area contributed by atoms with E-state index in [1.54, 1.807) is 37.3 Å². The van der Waals surface area contributed by atoms with Crippen LogP contribution < -0.4 is 14.8 Å². The standard InChI is InChI=1S/C31H33N3O6S.CH4O/c1-20-8-4-7-11-29(20)41(37,38)33-30(35)22-13-12-21(28(17-22)39-3)16-23-19-34(2)27-15-14-24(18-26(23)27)32-31(36)40-25-9-5-6-10-25;1-2/h4,7-8,11-15,17-19,25H,5-6,9-10,16H2,1-3H3,(H,32,36)(H,33,35);2H,1H3. The van der Waals surface area contributed by atoms with E-state index in [9.17, 15) is 18.0 Å². The Bertz CT molecular complexity index is 1720. The van der Waals surface area contributed by atoms with Gasteiger partial charge < -0.3 is 19.1 Å². The molecule has 3 aromatic carbocycles. The van der Waals surface area contributed by atoms with Crippen molar-refractivity contribution in [2.45, 2.75) is 50.0 Å². The minimum Gasteiger partial charge on any atom is -0.496 e. The van der Waals surface area contributed by atoms with Gasteiger partial charge in [0, 0.05) is 48.9 Å². The van der Waals surface area contributed by atoms with Gasteiger partial charge in [0.2, 0.25) is 0 Å². The molecule has 0 unspecified atom stereocenters. The second kappa shape index (κ2) is 13.7. The Morgan fingerprint density at radius 1 is 1.00 bits per heavy atom. The molecule has 1 aromatic heterocycles. The number of amides is 2. The lowest BCUT2D eigenvalue weighted by atomic mass is 10.0. The molecule has 5 rings (SSSR count). The van der Waals surface area contributed by atoms with Crippen molar-refractivity contribution >= 4 is 38.6 Å².